The number of halogens is 1. The van der Waals surface area contributed by atoms with E-state index in [-0.39, 0.29) is 11.9 Å². The molecular weight excluding hydrogens is 262 g/mol. The van der Waals surface area contributed by atoms with Crippen molar-refractivity contribution in [2.24, 2.45) is 5.10 Å². The van der Waals surface area contributed by atoms with Gasteiger partial charge in [0.25, 0.3) is 5.91 Å². The highest BCUT2D eigenvalue weighted by molar-refractivity contribution is 6.33. The molecule has 0 spiro atoms. The summed E-state index contributed by atoms with van der Waals surface area (Å²) in [6.45, 7) is 0.965. The summed E-state index contributed by atoms with van der Waals surface area (Å²) in [5.74, 6) is -0.0505. The summed E-state index contributed by atoms with van der Waals surface area (Å²) >= 11 is 6.00. The van der Waals surface area contributed by atoms with E-state index in [0.717, 1.165) is 31.4 Å². The molecule has 5 heteroatoms. The van der Waals surface area contributed by atoms with Gasteiger partial charge in [-0.15, -0.1) is 0 Å². The van der Waals surface area contributed by atoms with E-state index in [1.807, 2.05) is 25.2 Å². The van der Waals surface area contributed by atoms with E-state index < -0.39 is 0 Å². The maximum atomic E-state index is 12.0. The molecular formula is C14H18ClN3O. The summed E-state index contributed by atoms with van der Waals surface area (Å²) in [7, 11) is 1.97. The topological polar surface area (TPSA) is 44.7 Å². The van der Waals surface area contributed by atoms with Gasteiger partial charge in [-0.1, -0.05) is 36.2 Å². The first-order chi connectivity index (χ1) is 9.18. The van der Waals surface area contributed by atoms with Crippen LogP contribution < -0.4 is 5.43 Å². The highest BCUT2D eigenvalue weighted by Crippen LogP contribution is 2.15. The lowest BCUT2D eigenvalue weighted by Gasteiger charge is -2.30. The van der Waals surface area contributed by atoms with Crippen molar-refractivity contribution < 1.29 is 4.79 Å². The highest BCUT2D eigenvalue weighted by atomic mass is 35.5. The number of likely N-dealkylation sites (N-methyl/N-ethyl adjacent to an activating group) is 1. The number of nitrogens with one attached hydrogen (secondary N) is 1. The Balaban J connectivity index is 1.91. The van der Waals surface area contributed by atoms with Crippen LogP contribution in [-0.4, -0.2) is 36.7 Å². The summed E-state index contributed by atoms with van der Waals surface area (Å²) in [5, 5.41) is 4.60. The first-order valence-electron chi connectivity index (χ1n) is 6.46. The Kier molecular flexibility index (Phi) is 4.93. The molecule has 1 aromatic rings. The Hall–Kier alpha value is -1.39. The molecule has 1 amide bonds. The first-order valence-corrected chi connectivity index (χ1v) is 6.84. The number of amides is 1. The molecule has 2 rings (SSSR count). The fourth-order valence-corrected chi connectivity index (χ4v) is 2.41. The van der Waals surface area contributed by atoms with Crippen LogP contribution in [0.15, 0.2) is 29.4 Å². The van der Waals surface area contributed by atoms with Gasteiger partial charge in [0.1, 0.15) is 0 Å². The van der Waals surface area contributed by atoms with Crippen molar-refractivity contribution in [2.75, 3.05) is 13.6 Å². The Morgan fingerprint density at radius 1 is 1.47 bits per heavy atom. The van der Waals surface area contributed by atoms with Crippen molar-refractivity contribution in [2.45, 2.75) is 25.3 Å². The van der Waals surface area contributed by atoms with E-state index in [0.29, 0.717) is 5.02 Å². The van der Waals surface area contributed by atoms with E-state index in [4.69, 9.17) is 11.6 Å². The molecule has 0 radical (unpaired) electrons. The number of likely N-dealkylation sites (tertiary alicyclic amines) is 1. The number of rotatable bonds is 3. The third-order valence-electron chi connectivity index (χ3n) is 3.36. The lowest BCUT2D eigenvalue weighted by molar-refractivity contribution is -0.126. The Morgan fingerprint density at radius 2 is 2.26 bits per heavy atom. The summed E-state index contributed by atoms with van der Waals surface area (Å²) in [4.78, 5) is 14.1. The Morgan fingerprint density at radius 3 is 3.00 bits per heavy atom. The quantitative estimate of drug-likeness (QED) is 0.681. The van der Waals surface area contributed by atoms with Crippen LogP contribution in [0.1, 0.15) is 24.8 Å². The van der Waals surface area contributed by atoms with Crippen molar-refractivity contribution in [1.82, 2.24) is 10.3 Å². The van der Waals surface area contributed by atoms with Gasteiger partial charge in [0.2, 0.25) is 0 Å². The minimum Gasteiger partial charge on any atom is -0.295 e. The van der Waals surface area contributed by atoms with Crippen molar-refractivity contribution >= 4 is 23.7 Å². The molecule has 102 valence electrons. The fourth-order valence-electron chi connectivity index (χ4n) is 2.23. The predicted molar refractivity (Wildman–Crippen MR) is 77.5 cm³/mol. The van der Waals surface area contributed by atoms with Crippen LogP contribution in [0.4, 0.5) is 0 Å². The van der Waals surface area contributed by atoms with Crippen LogP contribution in [0.2, 0.25) is 5.02 Å². The van der Waals surface area contributed by atoms with Gasteiger partial charge in [0.15, 0.2) is 0 Å². The second kappa shape index (κ2) is 6.68. The van der Waals surface area contributed by atoms with Gasteiger partial charge >= 0.3 is 0 Å². The molecule has 1 saturated heterocycles. The predicted octanol–water partition coefficient (Wildman–Crippen LogP) is 2.27. The maximum Gasteiger partial charge on any atom is 0.257 e. The number of carbonyl (C=O) groups excluding carboxylic acids is 1. The van der Waals surface area contributed by atoms with E-state index >= 15 is 0 Å². The van der Waals surface area contributed by atoms with Gasteiger partial charge in [-0.25, -0.2) is 5.43 Å². The largest absolute Gasteiger partial charge is 0.295 e. The molecule has 4 nitrogen and oxygen atoms in total. The zero-order chi connectivity index (χ0) is 13.7. The lowest BCUT2D eigenvalue weighted by atomic mass is 10.0. The number of piperidine rings is 1. The van der Waals surface area contributed by atoms with Crippen LogP contribution in [0, 0.1) is 0 Å². The van der Waals surface area contributed by atoms with Gasteiger partial charge in [-0.2, -0.15) is 5.10 Å². The Bertz CT molecular complexity index is 476. The molecule has 1 atom stereocenters. The number of nitrogens with zero attached hydrogens (tertiary/aromatic N) is 2. The second-order valence-electron chi connectivity index (χ2n) is 4.75. The van der Waals surface area contributed by atoms with E-state index in [1.54, 1.807) is 12.3 Å². The van der Waals surface area contributed by atoms with Crippen molar-refractivity contribution in [3.05, 3.63) is 34.9 Å². The van der Waals surface area contributed by atoms with Gasteiger partial charge in [-0.05, 0) is 32.5 Å². The molecule has 0 saturated carbocycles. The minimum atomic E-state index is -0.0721. The molecule has 19 heavy (non-hydrogen) atoms. The monoisotopic (exact) mass is 279 g/mol. The summed E-state index contributed by atoms with van der Waals surface area (Å²) in [6.07, 6.45) is 4.72. The van der Waals surface area contributed by atoms with E-state index in [2.05, 4.69) is 15.4 Å². The average Bonchev–Trinajstić information content (AvgIpc) is 2.41. The molecule has 0 aliphatic carbocycles. The van der Waals surface area contributed by atoms with Crippen LogP contribution >= 0.6 is 11.6 Å². The summed E-state index contributed by atoms with van der Waals surface area (Å²) in [5.41, 5.74) is 3.38. The van der Waals surface area contributed by atoms with Crippen LogP contribution in [-0.2, 0) is 4.79 Å². The minimum absolute atomic E-state index is 0.0505. The third kappa shape index (κ3) is 3.78. The number of hydrogen-bond acceptors (Lipinski definition) is 3. The van der Waals surface area contributed by atoms with E-state index in [1.165, 1.54) is 0 Å². The molecule has 1 unspecified atom stereocenters. The SMILES string of the molecule is CN1CCCCC1C(=O)NN=Cc1ccccc1Cl. The first kappa shape index (κ1) is 14.0. The lowest BCUT2D eigenvalue weighted by Crippen LogP contribution is -2.46. The zero-order valence-electron chi connectivity index (χ0n) is 11.0. The molecule has 1 N–H and O–H groups in total. The summed E-state index contributed by atoms with van der Waals surface area (Å²) < 4.78 is 0. The molecule has 1 aliphatic heterocycles. The standard InChI is InChI=1S/C14H18ClN3O/c1-18-9-5-4-8-13(18)14(19)17-16-10-11-6-2-3-7-12(11)15/h2-3,6-7,10,13H,4-5,8-9H2,1H3,(H,17,19). The van der Waals surface area contributed by atoms with Gasteiger partial charge in [0.05, 0.1) is 12.3 Å². The zero-order valence-corrected chi connectivity index (χ0v) is 11.7. The van der Waals surface area contributed by atoms with E-state index in [9.17, 15) is 4.79 Å². The summed E-state index contributed by atoms with van der Waals surface area (Å²) in [6, 6.07) is 7.31. The number of benzene rings is 1. The molecule has 0 bridgehead atoms. The number of hydrazone groups is 1. The molecule has 0 aromatic heterocycles. The normalized spacial score (nSPS) is 20.6. The second-order valence-corrected chi connectivity index (χ2v) is 5.16. The molecule has 1 aliphatic rings. The van der Waals surface area contributed by atoms with Crippen LogP contribution in [0.5, 0.6) is 0 Å². The van der Waals surface area contributed by atoms with Gasteiger partial charge in [0, 0.05) is 10.6 Å². The Labute approximate surface area is 118 Å². The maximum absolute atomic E-state index is 12.0. The van der Waals surface area contributed by atoms with Gasteiger partial charge < -0.3 is 0 Å². The van der Waals surface area contributed by atoms with Gasteiger partial charge in [-0.3, -0.25) is 9.69 Å². The molecule has 1 fully saturated rings. The number of hydrogen-bond donors (Lipinski definition) is 1. The third-order valence-corrected chi connectivity index (χ3v) is 3.70. The molecule has 1 heterocycles. The van der Waals surface area contributed by atoms with Crippen LogP contribution in [0.3, 0.4) is 0 Å². The van der Waals surface area contributed by atoms with Crippen LogP contribution in [0.25, 0.3) is 0 Å². The van der Waals surface area contributed by atoms with Crippen molar-refractivity contribution in [3.8, 4) is 0 Å². The van der Waals surface area contributed by atoms with Crippen molar-refractivity contribution in [1.29, 1.82) is 0 Å². The molecule has 1 aromatic carbocycles. The smallest absolute Gasteiger partial charge is 0.257 e. The number of carbonyl (C=O) groups is 1. The average molecular weight is 280 g/mol. The fraction of sp³-hybridized carbons (Fsp3) is 0.429. The van der Waals surface area contributed by atoms with Crippen molar-refractivity contribution in [3.63, 3.8) is 0 Å². The highest BCUT2D eigenvalue weighted by Gasteiger charge is 2.25.